The molecule has 1 atom stereocenters. The minimum absolute atomic E-state index is 0.324. The maximum atomic E-state index is 10.6. The molecule has 0 rings (SSSR count). The van der Waals surface area contributed by atoms with Gasteiger partial charge in [-0.15, -0.1) is 0 Å². The second-order valence-corrected chi connectivity index (χ2v) is 2.11. The van der Waals surface area contributed by atoms with E-state index in [0.29, 0.717) is 6.61 Å². The maximum absolute atomic E-state index is 10.6. The SMILES string of the molecule is C=CC(=O)NC(C)(O)OCC. The lowest BCUT2D eigenvalue weighted by atomic mass is 10.5. The number of carbonyl (C=O) groups excluding carboxylic acids is 1. The zero-order valence-electron chi connectivity index (χ0n) is 6.76. The van der Waals surface area contributed by atoms with Gasteiger partial charge in [0.1, 0.15) is 0 Å². The highest BCUT2D eigenvalue weighted by atomic mass is 16.6. The van der Waals surface area contributed by atoms with Crippen molar-refractivity contribution >= 4 is 5.91 Å². The van der Waals surface area contributed by atoms with Gasteiger partial charge in [0.2, 0.25) is 11.8 Å². The molecule has 0 aliphatic rings. The largest absolute Gasteiger partial charge is 0.349 e. The molecule has 0 saturated carbocycles. The van der Waals surface area contributed by atoms with Gasteiger partial charge >= 0.3 is 0 Å². The second kappa shape index (κ2) is 4.10. The molecule has 0 heterocycles. The summed E-state index contributed by atoms with van der Waals surface area (Å²) in [5, 5.41) is 11.4. The first kappa shape index (κ1) is 10.1. The number of hydrogen-bond acceptors (Lipinski definition) is 3. The van der Waals surface area contributed by atoms with Crippen LogP contribution in [0.15, 0.2) is 12.7 Å². The van der Waals surface area contributed by atoms with Crippen molar-refractivity contribution < 1.29 is 14.6 Å². The number of carbonyl (C=O) groups is 1. The Balaban J connectivity index is 3.89. The van der Waals surface area contributed by atoms with Gasteiger partial charge in [0, 0.05) is 13.5 Å². The molecule has 0 aliphatic carbocycles. The first-order valence-corrected chi connectivity index (χ1v) is 3.32. The van der Waals surface area contributed by atoms with Crippen LogP contribution in [0, 0.1) is 0 Å². The van der Waals surface area contributed by atoms with E-state index in [1.165, 1.54) is 6.92 Å². The minimum atomic E-state index is -1.60. The smallest absolute Gasteiger partial charge is 0.247 e. The Bertz CT molecular complexity index is 154. The molecule has 0 aromatic heterocycles. The quantitative estimate of drug-likeness (QED) is 0.448. The Morgan fingerprint density at radius 1 is 1.91 bits per heavy atom. The van der Waals surface area contributed by atoms with Crippen molar-refractivity contribution in [3.63, 3.8) is 0 Å². The fraction of sp³-hybridized carbons (Fsp3) is 0.571. The van der Waals surface area contributed by atoms with E-state index in [4.69, 9.17) is 4.74 Å². The molecule has 4 heteroatoms. The summed E-state index contributed by atoms with van der Waals surface area (Å²) in [6.45, 7) is 6.61. The summed E-state index contributed by atoms with van der Waals surface area (Å²) in [7, 11) is 0. The Hall–Kier alpha value is -0.870. The third-order valence-corrected chi connectivity index (χ3v) is 0.966. The summed E-state index contributed by atoms with van der Waals surface area (Å²) in [4.78, 5) is 10.6. The highest BCUT2D eigenvalue weighted by molar-refractivity contribution is 5.87. The van der Waals surface area contributed by atoms with E-state index in [2.05, 4.69) is 11.9 Å². The van der Waals surface area contributed by atoms with Gasteiger partial charge < -0.3 is 15.2 Å². The first-order chi connectivity index (χ1) is 5.02. The van der Waals surface area contributed by atoms with E-state index in [9.17, 15) is 9.90 Å². The van der Waals surface area contributed by atoms with Crippen molar-refractivity contribution in [1.29, 1.82) is 0 Å². The Morgan fingerprint density at radius 3 is 2.82 bits per heavy atom. The van der Waals surface area contributed by atoms with Crippen LogP contribution in [0.25, 0.3) is 0 Å². The third kappa shape index (κ3) is 4.52. The van der Waals surface area contributed by atoms with Gasteiger partial charge in [-0.3, -0.25) is 4.79 Å². The predicted molar refractivity (Wildman–Crippen MR) is 40.6 cm³/mol. The molecule has 1 amide bonds. The summed E-state index contributed by atoms with van der Waals surface area (Å²) in [5.74, 6) is -2.07. The third-order valence-electron chi connectivity index (χ3n) is 0.966. The number of rotatable bonds is 4. The predicted octanol–water partition coefficient (Wildman–Crippen LogP) is -0.00890. The van der Waals surface area contributed by atoms with Crippen LogP contribution in [-0.4, -0.2) is 23.5 Å². The average molecular weight is 159 g/mol. The monoisotopic (exact) mass is 159 g/mol. The highest BCUT2D eigenvalue weighted by Crippen LogP contribution is 1.99. The number of amides is 1. The van der Waals surface area contributed by atoms with E-state index >= 15 is 0 Å². The molecular formula is C7H13NO3. The van der Waals surface area contributed by atoms with Crippen LogP contribution >= 0.6 is 0 Å². The molecular weight excluding hydrogens is 146 g/mol. The zero-order valence-corrected chi connectivity index (χ0v) is 6.76. The van der Waals surface area contributed by atoms with Crippen LogP contribution < -0.4 is 5.32 Å². The van der Waals surface area contributed by atoms with Crippen molar-refractivity contribution in [3.05, 3.63) is 12.7 Å². The molecule has 11 heavy (non-hydrogen) atoms. The number of hydrogen-bond donors (Lipinski definition) is 2. The van der Waals surface area contributed by atoms with E-state index in [1.54, 1.807) is 6.92 Å². The fourth-order valence-electron chi connectivity index (χ4n) is 0.597. The molecule has 0 saturated heterocycles. The standard InChI is InChI=1S/C7H13NO3/c1-4-6(9)8-7(3,10)11-5-2/h4,10H,1,5H2,2-3H3,(H,8,9). The second-order valence-electron chi connectivity index (χ2n) is 2.11. The van der Waals surface area contributed by atoms with E-state index in [-0.39, 0.29) is 0 Å². The van der Waals surface area contributed by atoms with Crippen LogP contribution in [0.3, 0.4) is 0 Å². The van der Waals surface area contributed by atoms with E-state index in [1.807, 2.05) is 0 Å². The average Bonchev–Trinajstić information content (AvgIpc) is 1.86. The van der Waals surface area contributed by atoms with Gasteiger partial charge in [0.05, 0.1) is 0 Å². The Morgan fingerprint density at radius 2 is 2.45 bits per heavy atom. The van der Waals surface area contributed by atoms with Gasteiger partial charge in [0.15, 0.2) is 0 Å². The highest BCUT2D eigenvalue weighted by Gasteiger charge is 2.20. The molecule has 0 aromatic carbocycles. The summed E-state index contributed by atoms with van der Waals surface area (Å²) in [5.41, 5.74) is 0. The van der Waals surface area contributed by atoms with Gasteiger partial charge in [-0.2, -0.15) is 0 Å². The van der Waals surface area contributed by atoms with Crippen molar-refractivity contribution in [1.82, 2.24) is 5.32 Å². The number of nitrogens with one attached hydrogen (secondary N) is 1. The maximum Gasteiger partial charge on any atom is 0.247 e. The molecule has 1 unspecified atom stereocenters. The molecule has 64 valence electrons. The van der Waals surface area contributed by atoms with Gasteiger partial charge in [-0.1, -0.05) is 6.58 Å². The molecule has 0 radical (unpaired) electrons. The molecule has 0 aliphatic heterocycles. The van der Waals surface area contributed by atoms with E-state index < -0.39 is 11.8 Å². The molecule has 0 aromatic rings. The van der Waals surface area contributed by atoms with Crippen molar-refractivity contribution in [2.24, 2.45) is 0 Å². The van der Waals surface area contributed by atoms with Crippen molar-refractivity contribution in [2.75, 3.05) is 6.61 Å². The van der Waals surface area contributed by atoms with Gasteiger partial charge in [-0.05, 0) is 13.0 Å². The molecule has 0 fully saturated rings. The molecule has 4 nitrogen and oxygen atoms in total. The summed E-state index contributed by atoms with van der Waals surface area (Å²) in [6.07, 6.45) is 1.06. The van der Waals surface area contributed by atoms with Gasteiger partial charge in [-0.25, -0.2) is 0 Å². The number of ether oxygens (including phenoxy) is 1. The molecule has 0 spiro atoms. The van der Waals surface area contributed by atoms with Crippen LogP contribution in [0.4, 0.5) is 0 Å². The van der Waals surface area contributed by atoms with E-state index in [0.717, 1.165) is 6.08 Å². The Labute approximate surface area is 65.9 Å². The fourth-order valence-corrected chi connectivity index (χ4v) is 0.597. The molecule has 0 bridgehead atoms. The lowest BCUT2D eigenvalue weighted by molar-refractivity contribution is -0.207. The van der Waals surface area contributed by atoms with Crippen molar-refractivity contribution in [2.45, 2.75) is 19.8 Å². The van der Waals surface area contributed by atoms with Crippen LogP contribution in [-0.2, 0) is 9.53 Å². The van der Waals surface area contributed by atoms with Crippen LogP contribution in [0.5, 0.6) is 0 Å². The van der Waals surface area contributed by atoms with Crippen molar-refractivity contribution in [3.8, 4) is 0 Å². The topological polar surface area (TPSA) is 58.6 Å². The van der Waals surface area contributed by atoms with Crippen LogP contribution in [0.2, 0.25) is 0 Å². The van der Waals surface area contributed by atoms with Crippen LogP contribution in [0.1, 0.15) is 13.8 Å². The van der Waals surface area contributed by atoms with Gasteiger partial charge in [0.25, 0.3) is 0 Å². The summed E-state index contributed by atoms with van der Waals surface area (Å²) >= 11 is 0. The zero-order chi connectivity index (χ0) is 8.91. The lowest BCUT2D eigenvalue weighted by Crippen LogP contribution is -2.47. The Kier molecular flexibility index (Phi) is 3.78. The normalized spacial score (nSPS) is 15.2. The minimum Gasteiger partial charge on any atom is -0.349 e. The number of aliphatic hydroxyl groups is 1. The molecule has 2 N–H and O–H groups in total. The summed E-state index contributed by atoms with van der Waals surface area (Å²) in [6, 6.07) is 0. The lowest BCUT2D eigenvalue weighted by Gasteiger charge is -2.22. The summed E-state index contributed by atoms with van der Waals surface area (Å²) < 4.78 is 4.78. The first-order valence-electron chi connectivity index (χ1n) is 3.32.